The number of carbonyl (C=O) groups excluding carboxylic acids is 2. The number of nitrogens with zero attached hydrogens (tertiary/aromatic N) is 1. The van der Waals surface area contributed by atoms with Gasteiger partial charge in [-0.25, -0.2) is 0 Å². The summed E-state index contributed by atoms with van der Waals surface area (Å²) in [6, 6.07) is 7.80. The molecule has 1 saturated carbocycles. The summed E-state index contributed by atoms with van der Waals surface area (Å²) in [5.41, 5.74) is 2.36. The van der Waals surface area contributed by atoms with Crippen molar-refractivity contribution >= 4 is 11.8 Å². The maximum Gasteiger partial charge on any atom is 0.243 e. The van der Waals surface area contributed by atoms with Crippen molar-refractivity contribution in [1.29, 1.82) is 0 Å². The number of benzene rings is 1. The second-order valence-electron chi connectivity index (χ2n) is 8.36. The minimum absolute atomic E-state index is 0.0159. The van der Waals surface area contributed by atoms with Crippen LogP contribution in [-0.2, 0) is 22.6 Å². The monoisotopic (exact) mass is 356 g/mol. The molecule has 1 aromatic carbocycles. The number of fused-ring (bicyclic) bond motifs is 1. The first-order chi connectivity index (χ1) is 12.5. The van der Waals surface area contributed by atoms with Crippen molar-refractivity contribution in [3.05, 3.63) is 35.4 Å². The molecule has 1 aliphatic carbocycles. The maximum atomic E-state index is 12.9. The Morgan fingerprint density at radius 2 is 1.81 bits per heavy atom. The van der Waals surface area contributed by atoms with Gasteiger partial charge >= 0.3 is 0 Å². The third-order valence-electron chi connectivity index (χ3n) is 5.74. The predicted octanol–water partition coefficient (Wildman–Crippen LogP) is 3.68. The third kappa shape index (κ3) is 4.66. The number of rotatable bonds is 5. The summed E-state index contributed by atoms with van der Waals surface area (Å²) in [7, 11) is 0. The van der Waals surface area contributed by atoms with E-state index in [1.807, 2.05) is 26.0 Å². The minimum atomic E-state index is -0.375. The Morgan fingerprint density at radius 1 is 1.12 bits per heavy atom. The summed E-state index contributed by atoms with van der Waals surface area (Å²) >= 11 is 0. The normalized spacial score (nSPS) is 20.7. The zero-order valence-corrected chi connectivity index (χ0v) is 16.2. The van der Waals surface area contributed by atoms with Crippen LogP contribution in [0.5, 0.6) is 0 Å². The van der Waals surface area contributed by atoms with Crippen LogP contribution in [0.25, 0.3) is 0 Å². The fraction of sp³-hybridized carbons (Fsp3) is 0.636. The summed E-state index contributed by atoms with van der Waals surface area (Å²) in [5, 5.41) is 3.16. The average Bonchev–Trinajstić information content (AvgIpc) is 2.65. The van der Waals surface area contributed by atoms with E-state index in [-0.39, 0.29) is 17.9 Å². The SMILES string of the molecule is CC(C)CC(=O)N1Cc2ccccc2CC1C(=O)NCC1CCCCC1. The van der Waals surface area contributed by atoms with Gasteiger partial charge in [-0.05, 0) is 35.8 Å². The summed E-state index contributed by atoms with van der Waals surface area (Å²) < 4.78 is 0. The first-order valence-electron chi connectivity index (χ1n) is 10.2. The zero-order valence-electron chi connectivity index (χ0n) is 16.2. The van der Waals surface area contributed by atoms with Crippen LogP contribution in [0.3, 0.4) is 0 Å². The molecular weight excluding hydrogens is 324 g/mol. The van der Waals surface area contributed by atoms with Crippen LogP contribution >= 0.6 is 0 Å². The van der Waals surface area contributed by atoms with Gasteiger partial charge in [0.25, 0.3) is 0 Å². The van der Waals surface area contributed by atoms with Gasteiger partial charge in [-0.3, -0.25) is 9.59 Å². The lowest BCUT2D eigenvalue weighted by atomic mass is 9.89. The Labute approximate surface area is 157 Å². The molecule has 1 aliphatic heterocycles. The molecule has 142 valence electrons. The molecule has 1 N–H and O–H groups in total. The fourth-order valence-corrected chi connectivity index (χ4v) is 4.24. The molecule has 4 nitrogen and oxygen atoms in total. The van der Waals surface area contributed by atoms with E-state index in [2.05, 4.69) is 17.4 Å². The quantitative estimate of drug-likeness (QED) is 0.875. The molecule has 2 aliphatic rings. The Bertz CT molecular complexity index is 635. The minimum Gasteiger partial charge on any atom is -0.354 e. The zero-order chi connectivity index (χ0) is 18.5. The number of amides is 2. The molecule has 0 spiro atoms. The van der Waals surface area contributed by atoms with Crippen LogP contribution in [0, 0.1) is 11.8 Å². The number of hydrogen-bond donors (Lipinski definition) is 1. The van der Waals surface area contributed by atoms with Gasteiger partial charge in [0, 0.05) is 25.9 Å². The lowest BCUT2D eigenvalue weighted by Gasteiger charge is -2.37. The predicted molar refractivity (Wildman–Crippen MR) is 104 cm³/mol. The van der Waals surface area contributed by atoms with Crippen molar-refractivity contribution in [2.24, 2.45) is 11.8 Å². The Balaban J connectivity index is 1.70. The molecule has 0 aromatic heterocycles. The molecule has 2 amide bonds. The van der Waals surface area contributed by atoms with Gasteiger partial charge in [-0.15, -0.1) is 0 Å². The molecule has 26 heavy (non-hydrogen) atoms. The van der Waals surface area contributed by atoms with E-state index in [1.165, 1.54) is 43.2 Å². The maximum absolute atomic E-state index is 12.9. The Morgan fingerprint density at radius 3 is 2.50 bits per heavy atom. The van der Waals surface area contributed by atoms with E-state index in [1.54, 1.807) is 4.90 Å². The largest absolute Gasteiger partial charge is 0.354 e. The second-order valence-corrected chi connectivity index (χ2v) is 8.36. The highest BCUT2D eigenvalue weighted by atomic mass is 16.2. The van der Waals surface area contributed by atoms with E-state index < -0.39 is 0 Å². The lowest BCUT2D eigenvalue weighted by Crippen LogP contribution is -2.53. The summed E-state index contributed by atoms with van der Waals surface area (Å²) in [6.45, 7) is 5.40. The van der Waals surface area contributed by atoms with Gasteiger partial charge in [0.15, 0.2) is 0 Å². The number of hydrogen-bond acceptors (Lipinski definition) is 2. The molecule has 1 atom stereocenters. The van der Waals surface area contributed by atoms with Crippen molar-refractivity contribution in [1.82, 2.24) is 10.2 Å². The second kappa shape index (κ2) is 8.70. The first kappa shape index (κ1) is 18.9. The Kier molecular flexibility index (Phi) is 6.33. The molecule has 3 rings (SSSR count). The van der Waals surface area contributed by atoms with Crippen molar-refractivity contribution in [2.45, 2.75) is 71.4 Å². The number of nitrogens with one attached hydrogen (secondary N) is 1. The highest BCUT2D eigenvalue weighted by Crippen LogP contribution is 2.26. The van der Waals surface area contributed by atoms with Gasteiger partial charge in [0.1, 0.15) is 6.04 Å². The highest BCUT2D eigenvalue weighted by Gasteiger charge is 2.34. The van der Waals surface area contributed by atoms with E-state index >= 15 is 0 Å². The third-order valence-corrected chi connectivity index (χ3v) is 5.74. The van der Waals surface area contributed by atoms with E-state index in [4.69, 9.17) is 0 Å². The topological polar surface area (TPSA) is 49.4 Å². The smallest absolute Gasteiger partial charge is 0.243 e. The number of carbonyl (C=O) groups is 2. The van der Waals surface area contributed by atoms with Crippen LogP contribution in [0.2, 0.25) is 0 Å². The van der Waals surface area contributed by atoms with E-state index in [0.717, 1.165) is 6.54 Å². The molecule has 0 bridgehead atoms. The molecule has 0 saturated heterocycles. The fourth-order valence-electron chi connectivity index (χ4n) is 4.24. The van der Waals surface area contributed by atoms with E-state index in [9.17, 15) is 9.59 Å². The molecule has 1 heterocycles. The van der Waals surface area contributed by atoms with Crippen LogP contribution < -0.4 is 5.32 Å². The van der Waals surface area contributed by atoms with Gasteiger partial charge in [-0.1, -0.05) is 57.4 Å². The van der Waals surface area contributed by atoms with Gasteiger partial charge in [-0.2, -0.15) is 0 Å². The standard InChI is InChI=1S/C22H32N2O2/c1-16(2)12-21(25)24-15-19-11-7-6-10-18(19)13-20(24)22(26)23-14-17-8-4-3-5-9-17/h6-7,10-11,16-17,20H,3-5,8-9,12-15H2,1-2H3,(H,23,26). The molecular formula is C22H32N2O2. The van der Waals surface area contributed by atoms with Gasteiger partial charge < -0.3 is 10.2 Å². The summed E-state index contributed by atoms with van der Waals surface area (Å²) in [6.07, 6.45) is 7.41. The highest BCUT2D eigenvalue weighted by molar-refractivity contribution is 5.88. The van der Waals surface area contributed by atoms with Crippen molar-refractivity contribution in [3.63, 3.8) is 0 Å². The summed E-state index contributed by atoms with van der Waals surface area (Å²) in [4.78, 5) is 27.5. The molecule has 1 aromatic rings. The van der Waals surface area contributed by atoms with Crippen molar-refractivity contribution < 1.29 is 9.59 Å². The molecule has 1 unspecified atom stereocenters. The van der Waals surface area contributed by atoms with E-state index in [0.29, 0.717) is 31.2 Å². The molecule has 0 radical (unpaired) electrons. The Hall–Kier alpha value is -1.84. The molecule has 4 heteroatoms. The van der Waals surface area contributed by atoms with Crippen LogP contribution in [0.1, 0.15) is 63.5 Å². The van der Waals surface area contributed by atoms with Crippen LogP contribution in [0.15, 0.2) is 24.3 Å². The van der Waals surface area contributed by atoms with Crippen LogP contribution in [-0.4, -0.2) is 29.3 Å². The lowest BCUT2D eigenvalue weighted by molar-refractivity contribution is -0.142. The van der Waals surface area contributed by atoms with Gasteiger partial charge in [0.2, 0.25) is 11.8 Å². The summed E-state index contributed by atoms with van der Waals surface area (Å²) in [5.74, 6) is 1.00. The molecule has 1 fully saturated rings. The van der Waals surface area contributed by atoms with Gasteiger partial charge in [0.05, 0.1) is 0 Å². The van der Waals surface area contributed by atoms with Crippen molar-refractivity contribution in [2.75, 3.05) is 6.54 Å². The van der Waals surface area contributed by atoms with Crippen LogP contribution in [0.4, 0.5) is 0 Å². The first-order valence-corrected chi connectivity index (χ1v) is 10.2. The average molecular weight is 357 g/mol. The van der Waals surface area contributed by atoms with Crippen molar-refractivity contribution in [3.8, 4) is 0 Å².